The Hall–Kier alpha value is -4.25. The molecule has 2 aliphatic rings. The van der Waals surface area contributed by atoms with Gasteiger partial charge in [0.2, 0.25) is 11.8 Å². The van der Waals surface area contributed by atoms with Crippen LogP contribution in [0.5, 0.6) is 0 Å². The van der Waals surface area contributed by atoms with E-state index in [9.17, 15) is 19.5 Å². The zero-order valence-corrected chi connectivity index (χ0v) is 28.2. The van der Waals surface area contributed by atoms with Crippen molar-refractivity contribution in [3.8, 4) is 0 Å². The van der Waals surface area contributed by atoms with E-state index < -0.39 is 41.8 Å². The maximum atomic E-state index is 13.9. The molecular formula is C38H49N5O5. The largest absolute Gasteiger partial charge is 0.445 e. The summed E-state index contributed by atoms with van der Waals surface area (Å²) in [5, 5.41) is 17.0. The number of carbonyl (C=O) groups excluding carboxylic acids is 3. The number of piperazine rings is 1. The Bertz CT molecular complexity index is 1530. The van der Waals surface area contributed by atoms with E-state index in [1.165, 1.54) is 0 Å². The van der Waals surface area contributed by atoms with Gasteiger partial charge < -0.3 is 31.1 Å². The predicted molar refractivity (Wildman–Crippen MR) is 185 cm³/mol. The number of aliphatic hydroxyl groups is 1. The molecule has 3 aromatic carbocycles. The van der Waals surface area contributed by atoms with E-state index in [-0.39, 0.29) is 25.0 Å². The van der Waals surface area contributed by atoms with Gasteiger partial charge in [0.25, 0.3) is 0 Å². The highest BCUT2D eigenvalue weighted by Crippen LogP contribution is 2.32. The molecule has 1 aliphatic carbocycles. The zero-order chi connectivity index (χ0) is 34.3. The minimum atomic E-state index is -0.699. The summed E-state index contributed by atoms with van der Waals surface area (Å²) in [7, 11) is 0. The molecule has 3 amide bonds. The number of rotatable bonds is 11. The van der Waals surface area contributed by atoms with Gasteiger partial charge in [0.1, 0.15) is 12.6 Å². The Balaban J connectivity index is 1.27. The Morgan fingerprint density at radius 1 is 0.938 bits per heavy atom. The minimum Gasteiger partial charge on any atom is -0.445 e. The third kappa shape index (κ3) is 9.43. The molecule has 0 radical (unpaired) electrons. The Labute approximate surface area is 283 Å². The first-order valence-corrected chi connectivity index (χ1v) is 16.8. The van der Waals surface area contributed by atoms with Crippen LogP contribution < -0.4 is 16.4 Å². The molecule has 0 unspecified atom stereocenters. The molecule has 5 N–H and O–H groups in total. The van der Waals surface area contributed by atoms with Crippen molar-refractivity contribution in [2.24, 2.45) is 11.7 Å². The summed E-state index contributed by atoms with van der Waals surface area (Å²) in [4.78, 5) is 44.1. The highest BCUT2D eigenvalue weighted by atomic mass is 16.6. The van der Waals surface area contributed by atoms with E-state index >= 15 is 0 Å². The first-order chi connectivity index (χ1) is 23.0. The van der Waals surface area contributed by atoms with Gasteiger partial charge in [-0.05, 0) is 55.9 Å². The maximum Gasteiger partial charge on any atom is 0.410 e. The van der Waals surface area contributed by atoms with Crippen molar-refractivity contribution in [3.63, 3.8) is 0 Å². The van der Waals surface area contributed by atoms with E-state index in [1.807, 2.05) is 111 Å². The van der Waals surface area contributed by atoms with Crippen LogP contribution in [0.4, 0.5) is 4.79 Å². The molecular weight excluding hydrogens is 606 g/mol. The number of nitrogens with two attached hydrogens (primary N) is 1. The number of nitrogens with zero attached hydrogens (tertiary/aromatic N) is 2. The summed E-state index contributed by atoms with van der Waals surface area (Å²) < 4.78 is 5.58. The molecule has 0 aromatic heterocycles. The molecule has 0 bridgehead atoms. The molecule has 0 saturated carbocycles. The highest BCUT2D eigenvalue weighted by molar-refractivity contribution is 5.83. The van der Waals surface area contributed by atoms with Crippen molar-refractivity contribution in [2.75, 3.05) is 26.2 Å². The van der Waals surface area contributed by atoms with Crippen LogP contribution in [0.15, 0.2) is 84.9 Å². The molecule has 10 heteroatoms. The SMILES string of the molecule is CC(C)(C)NC(=O)[C@@H]1CN(C(=O)OCc2ccccc2)CCN1C[C@@H](N)C[C@@H](Cc1ccccc1)C(=O)N[C@H]1c2ccccc2C[C@H]1O. The van der Waals surface area contributed by atoms with Crippen LogP contribution in [0.25, 0.3) is 0 Å². The van der Waals surface area contributed by atoms with E-state index in [2.05, 4.69) is 10.6 Å². The Morgan fingerprint density at radius 2 is 1.58 bits per heavy atom. The molecule has 256 valence electrons. The number of fused-ring (bicyclic) bond motifs is 1. The second kappa shape index (κ2) is 15.8. The molecule has 1 saturated heterocycles. The van der Waals surface area contributed by atoms with E-state index in [1.54, 1.807) is 4.90 Å². The lowest BCUT2D eigenvalue weighted by Gasteiger charge is -2.42. The second-order valence-electron chi connectivity index (χ2n) is 14.1. The van der Waals surface area contributed by atoms with Crippen molar-refractivity contribution in [1.82, 2.24) is 20.4 Å². The number of hydrogen-bond donors (Lipinski definition) is 4. The van der Waals surface area contributed by atoms with Crippen molar-refractivity contribution >= 4 is 17.9 Å². The molecule has 3 aromatic rings. The topological polar surface area (TPSA) is 137 Å². The molecule has 5 atom stereocenters. The van der Waals surface area contributed by atoms with Crippen molar-refractivity contribution in [2.45, 2.75) is 76.4 Å². The van der Waals surface area contributed by atoms with Crippen molar-refractivity contribution < 1.29 is 24.2 Å². The van der Waals surface area contributed by atoms with Crippen LogP contribution in [0.3, 0.4) is 0 Å². The van der Waals surface area contributed by atoms with Gasteiger partial charge >= 0.3 is 6.09 Å². The van der Waals surface area contributed by atoms with E-state index in [0.717, 1.165) is 22.3 Å². The van der Waals surface area contributed by atoms with Crippen LogP contribution in [0.1, 0.15) is 55.5 Å². The van der Waals surface area contributed by atoms with Gasteiger partial charge in [0.15, 0.2) is 0 Å². The second-order valence-corrected chi connectivity index (χ2v) is 14.1. The van der Waals surface area contributed by atoms with Crippen LogP contribution in [-0.2, 0) is 33.8 Å². The van der Waals surface area contributed by atoms with Crippen LogP contribution >= 0.6 is 0 Å². The normalized spacial score (nSPS) is 20.8. The highest BCUT2D eigenvalue weighted by Gasteiger charge is 2.38. The number of aliphatic hydroxyl groups excluding tert-OH is 1. The number of carbonyl (C=O) groups is 3. The molecule has 1 aliphatic heterocycles. The quantitative estimate of drug-likeness (QED) is 0.248. The maximum absolute atomic E-state index is 13.9. The Kier molecular flexibility index (Phi) is 11.5. The third-order valence-corrected chi connectivity index (χ3v) is 9.01. The monoisotopic (exact) mass is 655 g/mol. The summed E-state index contributed by atoms with van der Waals surface area (Å²) in [5.41, 5.74) is 10.2. The molecule has 1 fully saturated rings. The molecule has 1 heterocycles. The summed E-state index contributed by atoms with van der Waals surface area (Å²) >= 11 is 0. The number of amides is 3. The first-order valence-electron chi connectivity index (χ1n) is 16.8. The lowest BCUT2D eigenvalue weighted by atomic mass is 9.91. The molecule has 48 heavy (non-hydrogen) atoms. The van der Waals surface area contributed by atoms with Gasteiger partial charge in [-0.25, -0.2) is 4.79 Å². The summed E-state index contributed by atoms with van der Waals surface area (Å²) in [5.74, 6) is -0.816. The average Bonchev–Trinajstić information content (AvgIpc) is 3.37. The van der Waals surface area contributed by atoms with Crippen molar-refractivity contribution in [3.05, 3.63) is 107 Å². The third-order valence-electron chi connectivity index (χ3n) is 9.01. The molecule has 10 nitrogen and oxygen atoms in total. The minimum absolute atomic E-state index is 0.151. The fourth-order valence-corrected chi connectivity index (χ4v) is 6.66. The fraction of sp³-hybridized carbons (Fsp3) is 0.447. The molecule has 5 rings (SSSR count). The van der Waals surface area contributed by atoms with Gasteiger partial charge in [-0.2, -0.15) is 0 Å². The molecule has 0 spiro atoms. The van der Waals surface area contributed by atoms with Crippen LogP contribution in [0.2, 0.25) is 0 Å². The van der Waals surface area contributed by atoms with Gasteiger partial charge in [0, 0.05) is 50.1 Å². The summed E-state index contributed by atoms with van der Waals surface area (Å²) in [6.07, 6.45) is 0.188. The summed E-state index contributed by atoms with van der Waals surface area (Å²) in [6.45, 7) is 7.24. The van der Waals surface area contributed by atoms with E-state index in [0.29, 0.717) is 38.9 Å². The standard InChI is InChI=1S/C38H49N5O5/c1-38(2,3)41-36(46)32-24-43(37(47)48-25-27-14-8-5-9-15-27)19-18-42(32)23-30(39)21-29(20-26-12-6-4-7-13-26)35(45)40-34-31-17-11-10-16-28(31)22-33(34)44/h4-17,29-30,32-34,44H,18-25,39H2,1-3H3,(H,40,45)(H,41,46)/t29-,30+,32+,33-,34+/m1/s1. The van der Waals surface area contributed by atoms with E-state index in [4.69, 9.17) is 10.5 Å². The number of hydrogen-bond acceptors (Lipinski definition) is 7. The smallest absolute Gasteiger partial charge is 0.410 e. The van der Waals surface area contributed by atoms with Crippen LogP contribution in [0, 0.1) is 5.92 Å². The van der Waals surface area contributed by atoms with Crippen LogP contribution in [-0.4, -0.2) is 82.7 Å². The lowest BCUT2D eigenvalue weighted by molar-refractivity contribution is -0.130. The van der Waals surface area contributed by atoms with Gasteiger partial charge in [-0.3, -0.25) is 14.5 Å². The number of benzene rings is 3. The predicted octanol–water partition coefficient (Wildman–Crippen LogP) is 3.57. The first kappa shape index (κ1) is 35.1. The summed E-state index contributed by atoms with van der Waals surface area (Å²) in [6, 6.07) is 25.5. The number of nitrogens with one attached hydrogen (secondary N) is 2. The van der Waals surface area contributed by atoms with Gasteiger partial charge in [-0.1, -0.05) is 84.9 Å². The van der Waals surface area contributed by atoms with Gasteiger partial charge in [-0.15, -0.1) is 0 Å². The fourth-order valence-electron chi connectivity index (χ4n) is 6.66. The average molecular weight is 656 g/mol. The number of ether oxygens (including phenoxy) is 1. The van der Waals surface area contributed by atoms with Gasteiger partial charge in [0.05, 0.1) is 12.1 Å². The van der Waals surface area contributed by atoms with Crippen molar-refractivity contribution in [1.29, 1.82) is 0 Å². The zero-order valence-electron chi connectivity index (χ0n) is 28.2. The Morgan fingerprint density at radius 3 is 2.27 bits per heavy atom. The lowest BCUT2D eigenvalue weighted by Crippen LogP contribution is -2.63.